The minimum Gasteiger partial charge on any atom is -0.494 e. The number of methoxy groups -OCH3 is 1. The summed E-state index contributed by atoms with van der Waals surface area (Å²) in [5, 5.41) is 3.56. The molecular weight excluding hydrogens is 410 g/mol. The number of rotatable bonds is 10. The Kier molecular flexibility index (Phi) is 10.8. The summed E-state index contributed by atoms with van der Waals surface area (Å²) < 4.78 is 30.6. The van der Waals surface area contributed by atoms with Gasteiger partial charge in [0, 0.05) is 12.1 Å². The molecule has 1 amide bonds. The van der Waals surface area contributed by atoms with E-state index in [0.717, 1.165) is 25.7 Å². The van der Waals surface area contributed by atoms with Crippen LogP contribution in [0.15, 0.2) is 22.6 Å². The van der Waals surface area contributed by atoms with Crippen LogP contribution < -0.4 is 10.1 Å². The van der Waals surface area contributed by atoms with Crippen LogP contribution in [-0.4, -0.2) is 43.5 Å². The number of nitrogens with one attached hydrogen (secondary N) is 1. The number of nitrogens with zero attached hydrogens (tertiary/aromatic N) is 2. The zero-order chi connectivity index (χ0) is 22.0. The quantitative estimate of drug-likeness (QED) is 0.436. The van der Waals surface area contributed by atoms with Gasteiger partial charge in [0.1, 0.15) is 11.4 Å². The third-order valence-electron chi connectivity index (χ3n) is 4.34. The predicted molar refractivity (Wildman–Crippen MR) is 119 cm³/mol. The summed E-state index contributed by atoms with van der Waals surface area (Å²) in [7, 11) is -1.18. The molecule has 7 nitrogen and oxygen atoms in total. The van der Waals surface area contributed by atoms with E-state index in [9.17, 15) is 13.2 Å². The molecule has 1 aromatic rings. The van der Waals surface area contributed by atoms with E-state index in [2.05, 4.69) is 16.6 Å². The number of hydrogen-bond donors (Lipinski definition) is 1. The second-order valence-corrected chi connectivity index (χ2v) is 8.21. The number of unbranched alkanes of at least 4 members (excludes halogenated alkanes) is 2. The molecule has 1 N–H and O–H groups in total. The number of hydrogen-bond acceptors (Lipinski definition) is 6. The van der Waals surface area contributed by atoms with Crippen molar-refractivity contribution in [1.82, 2.24) is 10.2 Å². The largest absolute Gasteiger partial charge is 0.494 e. The lowest BCUT2D eigenvalue weighted by molar-refractivity contribution is -0.128. The van der Waals surface area contributed by atoms with Crippen molar-refractivity contribution >= 4 is 39.4 Å². The average molecular weight is 442 g/mol. The maximum atomic E-state index is 13.1. The molecule has 0 bridgehead atoms. The molecule has 29 heavy (non-hydrogen) atoms. The van der Waals surface area contributed by atoms with Crippen molar-refractivity contribution in [1.29, 1.82) is 0 Å². The summed E-state index contributed by atoms with van der Waals surface area (Å²) in [5.41, 5.74) is 0.801. The third kappa shape index (κ3) is 8.49. The van der Waals surface area contributed by atoms with Crippen LogP contribution in [-0.2, 0) is 21.7 Å². The summed E-state index contributed by atoms with van der Waals surface area (Å²) >= 11 is 5.50. The Hall–Kier alpha value is -2.00. The van der Waals surface area contributed by atoms with E-state index in [-0.39, 0.29) is 30.1 Å². The van der Waals surface area contributed by atoms with E-state index in [1.54, 1.807) is 23.1 Å². The summed E-state index contributed by atoms with van der Waals surface area (Å²) in [4.78, 5) is 14.7. The van der Waals surface area contributed by atoms with E-state index in [1.807, 2.05) is 20.8 Å². The molecular formula is C20H31N3O4S2. The first-order valence-electron chi connectivity index (χ1n) is 9.80. The Bertz CT molecular complexity index is 830. The normalized spacial score (nSPS) is 11.7. The lowest BCUT2D eigenvalue weighted by atomic mass is 10.1. The average Bonchev–Trinajstić information content (AvgIpc) is 2.61. The van der Waals surface area contributed by atoms with Gasteiger partial charge in [0.15, 0.2) is 5.11 Å². The molecule has 0 fully saturated rings. The summed E-state index contributed by atoms with van der Waals surface area (Å²) in [6.45, 7) is 8.07. The minimum atomic E-state index is -2.62. The summed E-state index contributed by atoms with van der Waals surface area (Å²) in [5.74, 6) is 0.179. The van der Waals surface area contributed by atoms with Crippen LogP contribution in [0.1, 0.15) is 58.9 Å². The van der Waals surface area contributed by atoms with Gasteiger partial charge in [-0.3, -0.25) is 9.69 Å². The Morgan fingerprint density at radius 1 is 1.28 bits per heavy atom. The van der Waals surface area contributed by atoms with Crippen molar-refractivity contribution < 1.29 is 17.9 Å². The molecule has 0 unspecified atom stereocenters. The fraction of sp³-hybridized carbons (Fsp3) is 0.600. The predicted octanol–water partition coefficient (Wildman–Crippen LogP) is 4.01. The van der Waals surface area contributed by atoms with Gasteiger partial charge in [-0.05, 0) is 57.1 Å². The van der Waals surface area contributed by atoms with Crippen LogP contribution in [0.25, 0.3) is 0 Å². The van der Waals surface area contributed by atoms with Crippen molar-refractivity contribution in [2.75, 3.05) is 7.11 Å². The van der Waals surface area contributed by atoms with Crippen molar-refractivity contribution in [2.45, 2.75) is 71.9 Å². The molecule has 1 rings (SSSR count). The first-order chi connectivity index (χ1) is 13.7. The highest BCUT2D eigenvalue weighted by Gasteiger charge is 2.25. The molecule has 0 aliphatic rings. The number of carbonyl (C=O) groups excluding carboxylic acids is 1. The fourth-order valence-corrected chi connectivity index (χ4v) is 3.77. The highest BCUT2D eigenvalue weighted by molar-refractivity contribution is 7.80. The fourth-order valence-electron chi connectivity index (χ4n) is 2.95. The van der Waals surface area contributed by atoms with Crippen LogP contribution in [0, 0.1) is 0 Å². The first-order valence-corrected chi connectivity index (χ1v) is 11.2. The molecule has 0 aliphatic carbocycles. The van der Waals surface area contributed by atoms with E-state index in [0.29, 0.717) is 16.4 Å². The topological polar surface area (TPSA) is 88.1 Å². The molecule has 1 aromatic carbocycles. The highest BCUT2D eigenvalue weighted by atomic mass is 32.2. The van der Waals surface area contributed by atoms with Crippen LogP contribution >= 0.6 is 12.2 Å². The summed E-state index contributed by atoms with van der Waals surface area (Å²) in [6, 6.07) is 4.95. The monoisotopic (exact) mass is 441 g/mol. The van der Waals surface area contributed by atoms with E-state index in [1.165, 1.54) is 7.11 Å². The van der Waals surface area contributed by atoms with Gasteiger partial charge in [0.2, 0.25) is 5.91 Å². The van der Waals surface area contributed by atoms with Gasteiger partial charge in [-0.1, -0.05) is 32.3 Å². The number of ether oxygens (including phenoxy) is 1. The smallest absolute Gasteiger partial charge is 0.316 e. The summed E-state index contributed by atoms with van der Waals surface area (Å²) in [6.07, 6.45) is 4.17. The second kappa shape index (κ2) is 12.5. The minimum absolute atomic E-state index is 0.0376. The Balaban J connectivity index is 3.09. The van der Waals surface area contributed by atoms with Crippen LogP contribution in [0.3, 0.4) is 0 Å². The maximum absolute atomic E-state index is 13.1. The van der Waals surface area contributed by atoms with Gasteiger partial charge in [-0.25, -0.2) is 0 Å². The molecule has 0 heterocycles. The molecule has 0 aliphatic heterocycles. The van der Waals surface area contributed by atoms with Gasteiger partial charge in [0.25, 0.3) is 0 Å². The van der Waals surface area contributed by atoms with Crippen molar-refractivity contribution in [3.63, 3.8) is 0 Å². The highest BCUT2D eigenvalue weighted by Crippen LogP contribution is 2.28. The maximum Gasteiger partial charge on any atom is 0.316 e. The zero-order valence-electron chi connectivity index (χ0n) is 17.8. The lowest BCUT2D eigenvalue weighted by Crippen LogP contribution is -2.50. The van der Waals surface area contributed by atoms with Gasteiger partial charge in [-0.2, -0.15) is 8.42 Å². The van der Waals surface area contributed by atoms with Gasteiger partial charge in [0.05, 0.1) is 13.5 Å². The molecule has 0 aromatic heterocycles. The first kappa shape index (κ1) is 25.0. The SMILES string of the molecule is CCCCC[C@H](C)N(C(=O)Cc1ccc(OC)c(N=S(=O)=O)c1)C(=S)NC(C)C. The van der Waals surface area contributed by atoms with Gasteiger partial charge >= 0.3 is 10.5 Å². The number of benzene rings is 1. The van der Waals surface area contributed by atoms with E-state index >= 15 is 0 Å². The Morgan fingerprint density at radius 2 is 1.97 bits per heavy atom. The second-order valence-electron chi connectivity index (χ2n) is 7.20. The number of amides is 1. The van der Waals surface area contributed by atoms with Crippen molar-refractivity contribution in [3.8, 4) is 5.75 Å². The molecule has 9 heteroatoms. The van der Waals surface area contributed by atoms with Crippen LogP contribution in [0.5, 0.6) is 5.75 Å². The Labute approximate surface area is 180 Å². The molecule has 0 radical (unpaired) electrons. The third-order valence-corrected chi connectivity index (χ3v) is 5.00. The molecule has 0 spiro atoms. The van der Waals surface area contributed by atoms with Gasteiger partial charge < -0.3 is 10.1 Å². The van der Waals surface area contributed by atoms with E-state index < -0.39 is 10.5 Å². The number of carbonyl (C=O) groups is 1. The molecule has 0 saturated heterocycles. The Morgan fingerprint density at radius 3 is 2.52 bits per heavy atom. The van der Waals surface area contributed by atoms with Crippen molar-refractivity contribution in [3.05, 3.63) is 23.8 Å². The van der Waals surface area contributed by atoms with Crippen LogP contribution in [0.4, 0.5) is 5.69 Å². The van der Waals surface area contributed by atoms with Crippen LogP contribution in [0.2, 0.25) is 0 Å². The van der Waals surface area contributed by atoms with E-state index in [4.69, 9.17) is 17.0 Å². The number of thiocarbonyl (C=S) groups is 1. The van der Waals surface area contributed by atoms with Crippen molar-refractivity contribution in [2.24, 2.45) is 4.36 Å². The molecule has 162 valence electrons. The standard InChI is InChI=1S/C20H31N3O4S2/c1-6-7-8-9-15(4)23(20(28)21-14(2)3)19(24)13-16-10-11-18(27-5)17(12-16)22-29(25)26/h10-12,14-15H,6-9,13H2,1-5H3,(H,21,28)/t15-/m0/s1. The molecule has 0 saturated carbocycles. The lowest BCUT2D eigenvalue weighted by Gasteiger charge is -2.31. The zero-order valence-corrected chi connectivity index (χ0v) is 19.4. The molecule has 1 atom stereocenters. The van der Waals surface area contributed by atoms with Gasteiger partial charge in [-0.15, -0.1) is 4.36 Å².